The largest absolute Gasteiger partial charge is 0.457 e. The smallest absolute Gasteiger partial charge is 0.403 e. The Labute approximate surface area is 149 Å². The lowest BCUT2D eigenvalue weighted by atomic mass is 9.82. The molecule has 1 fully saturated rings. The summed E-state index contributed by atoms with van der Waals surface area (Å²) in [4.78, 5) is 25.9. The topological polar surface area (TPSA) is 55.8 Å². The van der Waals surface area contributed by atoms with Crippen molar-refractivity contribution in [3.05, 3.63) is 35.4 Å². The van der Waals surface area contributed by atoms with Crippen LogP contribution in [-0.4, -0.2) is 41.6 Å². The summed E-state index contributed by atoms with van der Waals surface area (Å²) in [5, 5.41) is 0. The molecule has 0 atom stereocenters. The summed E-state index contributed by atoms with van der Waals surface area (Å²) < 4.78 is 12.0. The highest BCUT2D eigenvalue weighted by Crippen LogP contribution is 2.38. The van der Waals surface area contributed by atoms with Crippen LogP contribution in [0.5, 0.6) is 0 Å². The first-order chi connectivity index (χ1) is 11.7. The number of hydrogen-bond acceptors (Lipinski definition) is 4. The highest BCUT2D eigenvalue weighted by Gasteiger charge is 2.50. The fourth-order valence-electron chi connectivity index (χ4n) is 3.28. The molecule has 0 unspecified atom stereocenters. The van der Waals surface area contributed by atoms with E-state index >= 15 is 0 Å². The third-order valence-corrected chi connectivity index (χ3v) is 5.50. The summed E-state index contributed by atoms with van der Waals surface area (Å²) in [7, 11) is -0.177. The van der Waals surface area contributed by atoms with Gasteiger partial charge in [0.05, 0.1) is 22.3 Å². The number of amides is 2. The molecule has 0 radical (unpaired) electrons. The fraction of sp³-hybridized carbons (Fsp3) is 0.579. The van der Waals surface area contributed by atoms with Crippen LogP contribution in [0.15, 0.2) is 24.3 Å². The Kier molecular flexibility index (Phi) is 4.77. The number of rotatable bonds is 6. The van der Waals surface area contributed by atoms with Gasteiger partial charge in [-0.15, -0.1) is 0 Å². The molecule has 2 aliphatic heterocycles. The van der Waals surface area contributed by atoms with Crippen molar-refractivity contribution in [2.75, 3.05) is 6.54 Å². The van der Waals surface area contributed by atoms with E-state index in [-0.39, 0.29) is 30.1 Å². The predicted molar refractivity (Wildman–Crippen MR) is 96.5 cm³/mol. The molecular weight excluding hydrogens is 317 g/mol. The number of imide groups is 1. The van der Waals surface area contributed by atoms with Crippen molar-refractivity contribution in [1.29, 1.82) is 0 Å². The molecule has 1 aromatic rings. The van der Waals surface area contributed by atoms with E-state index in [0.717, 1.165) is 25.6 Å². The van der Waals surface area contributed by atoms with Gasteiger partial charge in [0.25, 0.3) is 11.8 Å². The Morgan fingerprint density at radius 1 is 0.880 bits per heavy atom. The summed E-state index contributed by atoms with van der Waals surface area (Å²) >= 11 is 0. The Morgan fingerprint density at radius 3 is 1.92 bits per heavy atom. The van der Waals surface area contributed by atoms with E-state index in [1.165, 1.54) is 4.90 Å². The molecule has 1 saturated heterocycles. The molecule has 0 saturated carbocycles. The van der Waals surface area contributed by atoms with Crippen LogP contribution in [0, 0.1) is 0 Å². The average Bonchev–Trinajstić information content (AvgIpc) is 2.91. The Bertz CT molecular complexity index is 635. The Morgan fingerprint density at radius 2 is 1.40 bits per heavy atom. The lowest BCUT2D eigenvalue weighted by Gasteiger charge is -2.32. The maximum Gasteiger partial charge on any atom is 0.457 e. The van der Waals surface area contributed by atoms with Gasteiger partial charge in [-0.3, -0.25) is 14.5 Å². The van der Waals surface area contributed by atoms with Gasteiger partial charge in [0.1, 0.15) is 0 Å². The monoisotopic (exact) mass is 343 g/mol. The minimum absolute atomic E-state index is 0.174. The lowest BCUT2D eigenvalue weighted by molar-refractivity contribution is 0.00578. The molecule has 25 heavy (non-hydrogen) atoms. The zero-order chi connectivity index (χ0) is 18.2. The molecule has 2 aliphatic rings. The second-order valence-electron chi connectivity index (χ2n) is 7.84. The quantitative estimate of drug-likeness (QED) is 0.450. The zero-order valence-electron chi connectivity index (χ0n) is 15.5. The molecule has 5 nitrogen and oxygen atoms in total. The highest BCUT2D eigenvalue weighted by molar-refractivity contribution is 6.45. The van der Waals surface area contributed by atoms with Crippen LogP contribution in [0.25, 0.3) is 0 Å². The number of carbonyl (C=O) groups is 2. The summed E-state index contributed by atoms with van der Waals surface area (Å²) in [5.41, 5.74) is 0.449. The van der Waals surface area contributed by atoms with E-state index < -0.39 is 0 Å². The Balaban J connectivity index is 1.42. The van der Waals surface area contributed by atoms with Gasteiger partial charge in [-0.1, -0.05) is 25.0 Å². The second kappa shape index (κ2) is 6.58. The van der Waals surface area contributed by atoms with Crippen molar-refractivity contribution in [2.45, 2.75) is 64.5 Å². The molecule has 6 heteroatoms. The maximum absolute atomic E-state index is 12.3. The van der Waals surface area contributed by atoms with Crippen molar-refractivity contribution in [1.82, 2.24) is 4.90 Å². The maximum atomic E-state index is 12.3. The molecular formula is C19H26BNO4. The average molecular weight is 343 g/mol. The minimum atomic E-state index is -0.294. The third kappa shape index (κ3) is 3.38. The van der Waals surface area contributed by atoms with Gasteiger partial charge in [-0.2, -0.15) is 0 Å². The summed E-state index contributed by atoms with van der Waals surface area (Å²) in [6, 6.07) is 7.01. The molecule has 2 amide bonds. The normalized spacial score (nSPS) is 21.1. The van der Waals surface area contributed by atoms with Crippen molar-refractivity contribution in [2.24, 2.45) is 0 Å². The molecule has 1 aromatic carbocycles. The van der Waals surface area contributed by atoms with E-state index in [2.05, 4.69) is 27.7 Å². The molecule has 0 N–H and O–H groups in total. The zero-order valence-corrected chi connectivity index (χ0v) is 15.5. The van der Waals surface area contributed by atoms with Crippen LogP contribution < -0.4 is 0 Å². The summed E-state index contributed by atoms with van der Waals surface area (Å²) in [5.74, 6) is -0.349. The molecule has 3 rings (SSSR count). The molecule has 134 valence electrons. The van der Waals surface area contributed by atoms with Gasteiger partial charge in [0.2, 0.25) is 0 Å². The van der Waals surface area contributed by atoms with Gasteiger partial charge in [0.15, 0.2) is 0 Å². The van der Waals surface area contributed by atoms with Gasteiger partial charge in [-0.05, 0) is 52.6 Å². The number of hydrogen-bond donors (Lipinski definition) is 0. The van der Waals surface area contributed by atoms with E-state index in [9.17, 15) is 9.59 Å². The molecule has 0 spiro atoms. The van der Waals surface area contributed by atoms with Gasteiger partial charge in [-0.25, -0.2) is 0 Å². The number of benzene rings is 1. The first-order valence-corrected chi connectivity index (χ1v) is 9.04. The van der Waals surface area contributed by atoms with E-state index in [0.29, 0.717) is 17.7 Å². The molecule has 0 aliphatic carbocycles. The standard InChI is InChI=1S/C19H26BNO4/c1-18(2)19(3,4)25-20(24-18)12-8-5-9-13-21-16(22)14-10-6-7-11-15(14)17(21)23/h6-7,10-11H,5,8-9,12-13H2,1-4H3. The SMILES string of the molecule is CC1(C)OB(CCCCCN2C(=O)c3ccccc3C2=O)OC1(C)C. The van der Waals surface area contributed by atoms with Crippen LogP contribution in [-0.2, 0) is 9.31 Å². The third-order valence-electron chi connectivity index (χ3n) is 5.50. The second-order valence-corrected chi connectivity index (χ2v) is 7.84. The van der Waals surface area contributed by atoms with Crippen LogP contribution in [0.1, 0.15) is 67.7 Å². The van der Waals surface area contributed by atoms with Crippen LogP contribution >= 0.6 is 0 Å². The number of unbranched alkanes of at least 4 members (excludes halogenated alkanes) is 2. The van der Waals surface area contributed by atoms with Crippen molar-refractivity contribution in [3.63, 3.8) is 0 Å². The molecule has 0 aromatic heterocycles. The van der Waals surface area contributed by atoms with Gasteiger partial charge < -0.3 is 9.31 Å². The van der Waals surface area contributed by atoms with E-state index in [4.69, 9.17) is 9.31 Å². The summed E-state index contributed by atoms with van der Waals surface area (Å²) in [6.45, 7) is 8.67. The van der Waals surface area contributed by atoms with Crippen molar-refractivity contribution in [3.8, 4) is 0 Å². The van der Waals surface area contributed by atoms with Crippen LogP contribution in [0.2, 0.25) is 6.32 Å². The molecule has 0 bridgehead atoms. The Hall–Kier alpha value is -1.66. The molecule has 2 heterocycles. The van der Waals surface area contributed by atoms with E-state index in [1.54, 1.807) is 24.3 Å². The predicted octanol–water partition coefficient (Wildman–Crippen LogP) is 3.55. The minimum Gasteiger partial charge on any atom is -0.403 e. The highest BCUT2D eigenvalue weighted by atomic mass is 16.7. The number of fused-ring (bicyclic) bond motifs is 1. The lowest BCUT2D eigenvalue weighted by Crippen LogP contribution is -2.41. The van der Waals surface area contributed by atoms with Gasteiger partial charge in [0, 0.05) is 6.54 Å². The van der Waals surface area contributed by atoms with Crippen LogP contribution in [0.4, 0.5) is 0 Å². The van der Waals surface area contributed by atoms with Crippen molar-refractivity contribution < 1.29 is 18.9 Å². The van der Waals surface area contributed by atoms with E-state index in [1.807, 2.05) is 0 Å². The number of nitrogens with zero attached hydrogens (tertiary/aromatic N) is 1. The fourth-order valence-corrected chi connectivity index (χ4v) is 3.28. The first-order valence-electron chi connectivity index (χ1n) is 9.04. The number of carbonyl (C=O) groups excluding carboxylic acids is 2. The van der Waals surface area contributed by atoms with Crippen LogP contribution in [0.3, 0.4) is 0 Å². The first kappa shape index (κ1) is 18.1. The van der Waals surface area contributed by atoms with Crippen molar-refractivity contribution >= 4 is 18.9 Å². The summed E-state index contributed by atoms with van der Waals surface area (Å²) in [6.07, 6.45) is 3.50. The van der Waals surface area contributed by atoms with Gasteiger partial charge >= 0.3 is 7.12 Å².